The van der Waals surface area contributed by atoms with E-state index in [1.54, 1.807) is 39.1 Å². The van der Waals surface area contributed by atoms with Crippen LogP contribution in [0, 0.1) is 0 Å². The van der Waals surface area contributed by atoms with E-state index in [4.69, 9.17) is 19.0 Å². The van der Waals surface area contributed by atoms with Crippen LogP contribution in [0.15, 0.2) is 53.7 Å². The monoisotopic (exact) mass is 481 g/mol. The average Bonchev–Trinajstić information content (AvgIpc) is 3.28. The van der Waals surface area contributed by atoms with Crippen LogP contribution in [-0.4, -0.2) is 62.1 Å². The molecular formula is C23H27N7O5. The Balaban J connectivity index is 1.39. The largest absolute Gasteiger partial charge is 0.438 e. The van der Waals surface area contributed by atoms with Gasteiger partial charge in [0.2, 0.25) is 5.82 Å². The molecule has 1 aliphatic heterocycles. The van der Waals surface area contributed by atoms with Crippen molar-refractivity contribution in [1.82, 2.24) is 25.2 Å². The summed E-state index contributed by atoms with van der Waals surface area (Å²) in [6.45, 7) is 4.64. The van der Waals surface area contributed by atoms with Gasteiger partial charge in [0.05, 0.1) is 18.9 Å². The SMILES string of the molecule is Cn1nnnc1/C(=N\OCc1cccc(NC(=O)OC(C)(C)C2OCCCO2)n1)c1ccccc1. The number of tetrazole rings is 1. The third-order valence-electron chi connectivity index (χ3n) is 5.03. The lowest BCUT2D eigenvalue weighted by molar-refractivity contribution is -0.249. The van der Waals surface area contributed by atoms with E-state index in [9.17, 15) is 4.79 Å². The van der Waals surface area contributed by atoms with Gasteiger partial charge in [0.1, 0.15) is 5.82 Å². The maximum absolute atomic E-state index is 12.4. The summed E-state index contributed by atoms with van der Waals surface area (Å²) in [6, 6.07) is 14.6. The van der Waals surface area contributed by atoms with Crippen LogP contribution >= 0.6 is 0 Å². The standard InChI is InChI=1S/C23H27N7O5/c1-23(2,21-32-13-8-14-33-21)35-22(31)25-18-12-7-11-17(24-18)15-34-27-19(16-9-5-4-6-10-16)20-26-28-29-30(20)3/h4-7,9-12,21H,8,13-15H2,1-3H3,(H,24,25,31)/b27-19-. The highest BCUT2D eigenvalue weighted by Gasteiger charge is 2.37. The number of rotatable bonds is 8. The summed E-state index contributed by atoms with van der Waals surface area (Å²) in [6.07, 6.45) is -0.489. The van der Waals surface area contributed by atoms with Gasteiger partial charge in [0.25, 0.3) is 0 Å². The minimum Gasteiger partial charge on any atom is -0.438 e. The van der Waals surface area contributed by atoms with Crippen LogP contribution in [-0.2, 0) is 32.7 Å². The quantitative estimate of drug-likeness (QED) is 0.380. The average molecular weight is 482 g/mol. The first-order valence-corrected chi connectivity index (χ1v) is 11.1. The van der Waals surface area contributed by atoms with E-state index >= 15 is 0 Å². The Morgan fingerprint density at radius 1 is 1.17 bits per heavy atom. The molecule has 1 saturated heterocycles. The van der Waals surface area contributed by atoms with Gasteiger partial charge < -0.3 is 19.0 Å². The first kappa shape index (κ1) is 24.2. The third-order valence-corrected chi connectivity index (χ3v) is 5.03. The number of nitrogens with one attached hydrogen (secondary N) is 1. The molecule has 0 spiro atoms. The van der Waals surface area contributed by atoms with Gasteiger partial charge in [-0.05, 0) is 42.8 Å². The Morgan fingerprint density at radius 3 is 2.66 bits per heavy atom. The summed E-state index contributed by atoms with van der Waals surface area (Å²) >= 11 is 0. The minimum atomic E-state index is -0.970. The van der Waals surface area contributed by atoms with E-state index < -0.39 is 18.0 Å². The van der Waals surface area contributed by atoms with Crippen LogP contribution in [0.4, 0.5) is 10.6 Å². The summed E-state index contributed by atoms with van der Waals surface area (Å²) in [5.41, 5.74) is 0.853. The molecule has 184 valence electrons. The Morgan fingerprint density at radius 2 is 1.94 bits per heavy atom. The molecule has 1 aromatic carbocycles. The Hall–Kier alpha value is -3.90. The van der Waals surface area contributed by atoms with Crippen LogP contribution in [0.2, 0.25) is 0 Å². The predicted octanol–water partition coefficient (Wildman–Crippen LogP) is 2.66. The van der Waals surface area contributed by atoms with E-state index in [2.05, 4.69) is 31.0 Å². The van der Waals surface area contributed by atoms with Gasteiger partial charge in [-0.25, -0.2) is 14.5 Å². The molecule has 35 heavy (non-hydrogen) atoms. The lowest BCUT2D eigenvalue weighted by atomic mass is 10.1. The fraction of sp³-hybridized carbons (Fsp3) is 0.391. The van der Waals surface area contributed by atoms with Crippen LogP contribution in [0.3, 0.4) is 0 Å². The fourth-order valence-corrected chi connectivity index (χ4v) is 3.35. The van der Waals surface area contributed by atoms with Crippen molar-refractivity contribution in [3.8, 4) is 0 Å². The molecule has 12 nitrogen and oxygen atoms in total. The smallest absolute Gasteiger partial charge is 0.413 e. The molecule has 1 fully saturated rings. The van der Waals surface area contributed by atoms with Gasteiger partial charge >= 0.3 is 6.09 Å². The number of carbonyl (C=O) groups excluding carboxylic acids is 1. The van der Waals surface area contributed by atoms with E-state index in [0.29, 0.717) is 36.3 Å². The zero-order valence-corrected chi connectivity index (χ0v) is 19.7. The van der Waals surface area contributed by atoms with E-state index in [1.165, 1.54) is 4.68 Å². The summed E-state index contributed by atoms with van der Waals surface area (Å²) in [7, 11) is 1.72. The number of amides is 1. The number of pyridine rings is 1. The van der Waals surface area contributed by atoms with Crippen molar-refractivity contribution in [2.75, 3.05) is 18.5 Å². The summed E-state index contributed by atoms with van der Waals surface area (Å²) in [5, 5.41) is 18.4. The Kier molecular flexibility index (Phi) is 7.63. The summed E-state index contributed by atoms with van der Waals surface area (Å²) < 4.78 is 18.1. The molecule has 0 unspecified atom stereocenters. The molecule has 3 heterocycles. The normalized spacial score (nSPS) is 15.0. The zero-order valence-electron chi connectivity index (χ0n) is 19.7. The molecule has 0 atom stereocenters. The number of anilines is 1. The molecule has 1 amide bonds. The summed E-state index contributed by atoms with van der Waals surface area (Å²) in [4.78, 5) is 22.4. The van der Waals surface area contributed by atoms with Crippen molar-refractivity contribution in [3.63, 3.8) is 0 Å². The highest BCUT2D eigenvalue weighted by molar-refractivity contribution is 6.10. The topological polar surface area (TPSA) is 135 Å². The fourth-order valence-electron chi connectivity index (χ4n) is 3.35. The lowest BCUT2D eigenvalue weighted by Gasteiger charge is -2.35. The van der Waals surface area contributed by atoms with E-state index in [-0.39, 0.29) is 6.61 Å². The predicted molar refractivity (Wildman–Crippen MR) is 124 cm³/mol. The van der Waals surface area contributed by atoms with Gasteiger partial charge in [0, 0.05) is 12.6 Å². The number of oxime groups is 1. The highest BCUT2D eigenvalue weighted by Crippen LogP contribution is 2.23. The van der Waals surface area contributed by atoms with Gasteiger partial charge in [-0.2, -0.15) is 0 Å². The van der Waals surface area contributed by atoms with Gasteiger partial charge in [-0.3, -0.25) is 5.32 Å². The molecule has 0 bridgehead atoms. The number of benzene rings is 1. The second kappa shape index (κ2) is 11.0. The molecule has 3 aromatic rings. The maximum Gasteiger partial charge on any atom is 0.413 e. The molecular weight excluding hydrogens is 454 g/mol. The van der Waals surface area contributed by atoms with Crippen LogP contribution in [0.5, 0.6) is 0 Å². The van der Waals surface area contributed by atoms with Crippen LogP contribution in [0.25, 0.3) is 0 Å². The molecule has 4 rings (SSSR count). The number of nitrogens with zero attached hydrogens (tertiary/aromatic N) is 6. The number of ether oxygens (including phenoxy) is 3. The second-order valence-corrected chi connectivity index (χ2v) is 8.26. The first-order valence-electron chi connectivity index (χ1n) is 11.1. The van der Waals surface area contributed by atoms with Crippen LogP contribution in [0.1, 0.15) is 37.4 Å². The molecule has 0 saturated carbocycles. The lowest BCUT2D eigenvalue weighted by Crippen LogP contribution is -2.47. The maximum atomic E-state index is 12.4. The van der Waals surface area contributed by atoms with Crippen molar-refractivity contribution in [3.05, 3.63) is 65.6 Å². The van der Waals surface area contributed by atoms with Crippen molar-refractivity contribution in [2.24, 2.45) is 12.2 Å². The Bertz CT molecular complexity index is 1160. The Labute approximate surface area is 202 Å². The molecule has 1 aliphatic rings. The number of hydrogen-bond acceptors (Lipinski definition) is 10. The number of hydrogen-bond donors (Lipinski definition) is 1. The van der Waals surface area contributed by atoms with Crippen molar-refractivity contribution in [2.45, 2.75) is 38.8 Å². The van der Waals surface area contributed by atoms with Crippen molar-refractivity contribution in [1.29, 1.82) is 0 Å². The van der Waals surface area contributed by atoms with Crippen molar-refractivity contribution >= 4 is 17.6 Å². The molecule has 1 N–H and O–H groups in total. The van der Waals surface area contributed by atoms with Crippen LogP contribution < -0.4 is 5.32 Å². The van der Waals surface area contributed by atoms with Crippen molar-refractivity contribution < 1.29 is 23.8 Å². The van der Waals surface area contributed by atoms with E-state index in [1.807, 2.05) is 30.3 Å². The van der Waals surface area contributed by atoms with Gasteiger partial charge in [0.15, 0.2) is 24.2 Å². The van der Waals surface area contributed by atoms with Gasteiger partial charge in [-0.15, -0.1) is 5.10 Å². The second-order valence-electron chi connectivity index (χ2n) is 8.26. The summed E-state index contributed by atoms with van der Waals surface area (Å²) in [5.74, 6) is 0.762. The molecule has 0 radical (unpaired) electrons. The van der Waals surface area contributed by atoms with Gasteiger partial charge in [-0.1, -0.05) is 41.6 Å². The minimum absolute atomic E-state index is 0.0570. The molecule has 12 heteroatoms. The first-order chi connectivity index (χ1) is 16.9. The number of carbonyl (C=O) groups is 1. The molecule has 0 aliphatic carbocycles. The number of aromatic nitrogens is 5. The van der Waals surface area contributed by atoms with E-state index in [0.717, 1.165) is 12.0 Å². The highest BCUT2D eigenvalue weighted by atomic mass is 16.7. The zero-order chi connectivity index (χ0) is 24.7. The number of aryl methyl sites for hydroxylation is 1. The molecule has 2 aromatic heterocycles. The third kappa shape index (κ3) is 6.37.